The molecule has 30 heavy (non-hydrogen) atoms. The zero-order valence-corrected chi connectivity index (χ0v) is 16.8. The zero-order chi connectivity index (χ0) is 20.8. The normalized spacial score (nSPS) is 13.1. The minimum absolute atomic E-state index is 0.00255. The van der Waals surface area contributed by atoms with Crippen LogP contribution in [0.2, 0.25) is 0 Å². The number of nitrogens with two attached hydrogens (primary N) is 1. The van der Waals surface area contributed by atoms with E-state index < -0.39 is 0 Å². The van der Waals surface area contributed by atoms with Gasteiger partial charge in [-0.15, -0.1) is 0 Å². The summed E-state index contributed by atoms with van der Waals surface area (Å²) in [6.45, 7) is 5.22. The number of anilines is 1. The van der Waals surface area contributed by atoms with Crippen molar-refractivity contribution in [2.75, 3.05) is 12.3 Å². The first kappa shape index (κ1) is 18.2. The van der Waals surface area contributed by atoms with Crippen molar-refractivity contribution in [3.8, 4) is 11.1 Å². The second kappa shape index (κ2) is 6.88. The van der Waals surface area contributed by atoms with Crippen molar-refractivity contribution < 1.29 is 4.79 Å². The van der Waals surface area contributed by atoms with Crippen LogP contribution in [0.15, 0.2) is 73.4 Å². The van der Waals surface area contributed by atoms with Crippen LogP contribution in [-0.4, -0.2) is 27.1 Å². The molecule has 2 heterocycles. The van der Waals surface area contributed by atoms with Crippen LogP contribution in [0.3, 0.4) is 0 Å². The number of carbonyl (C=O) groups excluding carboxylic acids is 1. The molecule has 3 aromatic carbocycles. The van der Waals surface area contributed by atoms with Gasteiger partial charge in [0.25, 0.3) is 5.91 Å². The van der Waals surface area contributed by atoms with E-state index in [9.17, 15) is 4.79 Å². The molecule has 5 rings (SSSR count). The molecule has 0 radical (unpaired) electrons. The molecule has 5 nitrogen and oxygen atoms in total. The number of nitrogen functional groups attached to an aromatic ring is 1. The highest BCUT2D eigenvalue weighted by atomic mass is 16.2. The number of rotatable bonds is 4. The minimum atomic E-state index is -0.00255. The van der Waals surface area contributed by atoms with Crippen LogP contribution in [0, 0.1) is 0 Å². The number of nitrogens with zero attached hydrogens (tertiary/aromatic N) is 3. The molecule has 0 bridgehead atoms. The summed E-state index contributed by atoms with van der Waals surface area (Å²) < 4.78 is 1.85. The Morgan fingerprint density at radius 3 is 2.67 bits per heavy atom. The third kappa shape index (κ3) is 2.95. The predicted molar refractivity (Wildman–Crippen MR) is 121 cm³/mol. The van der Waals surface area contributed by atoms with Crippen LogP contribution in [0.25, 0.3) is 27.6 Å². The molecule has 4 aromatic rings. The van der Waals surface area contributed by atoms with Crippen LogP contribution in [0.1, 0.15) is 21.5 Å². The molecule has 1 aliphatic heterocycles. The molecule has 0 atom stereocenters. The maximum Gasteiger partial charge on any atom is 0.254 e. The van der Waals surface area contributed by atoms with Crippen LogP contribution < -0.4 is 5.73 Å². The third-order valence-electron chi connectivity index (χ3n) is 5.76. The van der Waals surface area contributed by atoms with Crippen LogP contribution in [-0.2, 0) is 13.6 Å². The monoisotopic (exact) mass is 394 g/mol. The molecule has 0 spiro atoms. The summed E-state index contributed by atoms with van der Waals surface area (Å²) in [4.78, 5) is 15.0. The quantitative estimate of drug-likeness (QED) is 0.519. The van der Waals surface area contributed by atoms with E-state index in [4.69, 9.17) is 5.73 Å². The summed E-state index contributed by atoms with van der Waals surface area (Å²) >= 11 is 0. The fourth-order valence-electron chi connectivity index (χ4n) is 4.18. The average molecular weight is 394 g/mol. The van der Waals surface area contributed by atoms with E-state index in [0.29, 0.717) is 24.3 Å². The van der Waals surface area contributed by atoms with E-state index in [-0.39, 0.29) is 5.91 Å². The molecule has 0 saturated carbocycles. The number of amides is 1. The van der Waals surface area contributed by atoms with Crippen LogP contribution >= 0.6 is 0 Å². The van der Waals surface area contributed by atoms with Crippen molar-refractivity contribution >= 4 is 28.1 Å². The number of carbonyl (C=O) groups is 1. The molecule has 1 aliphatic rings. The van der Waals surface area contributed by atoms with Gasteiger partial charge in [0.2, 0.25) is 0 Å². The van der Waals surface area contributed by atoms with Crippen LogP contribution in [0.5, 0.6) is 0 Å². The van der Waals surface area contributed by atoms with Crippen molar-refractivity contribution in [1.29, 1.82) is 0 Å². The summed E-state index contributed by atoms with van der Waals surface area (Å²) in [6.07, 6.45) is 1.85. The molecule has 148 valence electrons. The number of aryl methyl sites for hydroxylation is 1. The maximum atomic E-state index is 13.1. The lowest BCUT2D eigenvalue weighted by Gasteiger charge is -2.17. The van der Waals surface area contributed by atoms with Gasteiger partial charge in [0, 0.05) is 36.8 Å². The Hall–Kier alpha value is -3.86. The molecule has 0 aliphatic carbocycles. The van der Waals surface area contributed by atoms with Crippen molar-refractivity contribution in [3.05, 3.63) is 90.1 Å². The second-order valence-corrected chi connectivity index (χ2v) is 7.77. The molecule has 1 aromatic heterocycles. The fourth-order valence-corrected chi connectivity index (χ4v) is 4.18. The number of fused-ring (bicyclic) bond motifs is 2. The zero-order valence-electron chi connectivity index (χ0n) is 16.8. The molecular formula is C25H22N4O. The van der Waals surface area contributed by atoms with Gasteiger partial charge in [0.15, 0.2) is 0 Å². The molecular weight excluding hydrogens is 372 g/mol. The van der Waals surface area contributed by atoms with Crippen molar-refractivity contribution in [3.63, 3.8) is 0 Å². The predicted octanol–water partition coefficient (Wildman–Crippen LogP) is 4.49. The Kier molecular flexibility index (Phi) is 4.17. The smallest absolute Gasteiger partial charge is 0.254 e. The largest absolute Gasteiger partial charge is 0.399 e. The Bertz CT molecular complexity index is 1300. The Balaban J connectivity index is 1.52. The van der Waals surface area contributed by atoms with Gasteiger partial charge < -0.3 is 10.6 Å². The summed E-state index contributed by atoms with van der Waals surface area (Å²) in [5.74, 6) is -0.00255. The van der Waals surface area contributed by atoms with Gasteiger partial charge in [0.1, 0.15) is 0 Å². The lowest BCUT2D eigenvalue weighted by molar-refractivity contribution is 0.0799. The van der Waals surface area contributed by atoms with Gasteiger partial charge in [-0.05, 0) is 46.0 Å². The Labute approximate surface area is 175 Å². The lowest BCUT2D eigenvalue weighted by atomic mass is 9.95. The number of hydrogen-bond donors (Lipinski definition) is 1. The van der Waals surface area contributed by atoms with Crippen molar-refractivity contribution in [2.24, 2.45) is 7.05 Å². The van der Waals surface area contributed by atoms with Gasteiger partial charge in [-0.25, -0.2) is 0 Å². The van der Waals surface area contributed by atoms with E-state index in [1.165, 1.54) is 0 Å². The van der Waals surface area contributed by atoms with Gasteiger partial charge in [-0.1, -0.05) is 49.0 Å². The summed E-state index contributed by atoms with van der Waals surface area (Å²) in [7, 11) is 1.93. The highest BCUT2D eigenvalue weighted by molar-refractivity contribution is 6.02. The first-order valence-electron chi connectivity index (χ1n) is 9.88. The summed E-state index contributed by atoms with van der Waals surface area (Å²) in [5, 5.41) is 5.41. The number of hydrogen-bond acceptors (Lipinski definition) is 3. The SMILES string of the molecule is C=C(CN1Cc2c(cc(N)cc2-c2ccc3cnn(C)c3c2)C1=O)c1ccccc1. The highest BCUT2D eigenvalue weighted by Gasteiger charge is 2.30. The number of aromatic nitrogens is 2. The fraction of sp³-hybridized carbons (Fsp3) is 0.120. The maximum absolute atomic E-state index is 13.1. The molecule has 0 fully saturated rings. The Morgan fingerprint density at radius 1 is 1.10 bits per heavy atom. The van der Waals surface area contributed by atoms with Gasteiger partial charge in [-0.2, -0.15) is 5.10 Å². The average Bonchev–Trinajstić information content (AvgIpc) is 3.28. The van der Waals surface area contributed by atoms with E-state index in [2.05, 4.69) is 29.9 Å². The third-order valence-corrected chi connectivity index (χ3v) is 5.76. The summed E-state index contributed by atoms with van der Waals surface area (Å²) in [6, 6.07) is 19.9. The van der Waals surface area contributed by atoms with Crippen molar-refractivity contribution in [1.82, 2.24) is 14.7 Å². The molecule has 1 amide bonds. The van der Waals surface area contributed by atoms with Gasteiger partial charge in [0.05, 0.1) is 11.7 Å². The van der Waals surface area contributed by atoms with Gasteiger partial charge in [-0.3, -0.25) is 9.48 Å². The van der Waals surface area contributed by atoms with E-state index in [1.807, 2.05) is 59.2 Å². The van der Waals surface area contributed by atoms with Gasteiger partial charge >= 0.3 is 0 Å². The first-order valence-corrected chi connectivity index (χ1v) is 9.88. The first-order chi connectivity index (χ1) is 14.5. The molecule has 5 heteroatoms. The van der Waals surface area contributed by atoms with Crippen molar-refractivity contribution in [2.45, 2.75) is 6.54 Å². The highest BCUT2D eigenvalue weighted by Crippen LogP contribution is 2.36. The second-order valence-electron chi connectivity index (χ2n) is 7.77. The summed E-state index contributed by atoms with van der Waals surface area (Å²) in [5.41, 5.74) is 13.5. The van der Waals surface area contributed by atoms with E-state index >= 15 is 0 Å². The molecule has 0 saturated heterocycles. The van der Waals surface area contributed by atoms with E-state index in [0.717, 1.165) is 38.7 Å². The standard InChI is InChI=1S/C25H22N4O/c1-16(17-6-4-3-5-7-17)14-29-15-23-21(11-20(26)12-22(23)25(29)30)18-8-9-19-13-27-28(2)24(19)10-18/h3-13H,1,14-15,26H2,2H3. The molecule has 0 unspecified atom stereocenters. The Morgan fingerprint density at radius 2 is 1.87 bits per heavy atom. The number of benzene rings is 3. The van der Waals surface area contributed by atoms with Crippen LogP contribution in [0.4, 0.5) is 5.69 Å². The van der Waals surface area contributed by atoms with E-state index in [1.54, 1.807) is 6.07 Å². The molecule has 2 N–H and O–H groups in total. The lowest BCUT2D eigenvalue weighted by Crippen LogP contribution is -2.25. The minimum Gasteiger partial charge on any atom is -0.399 e. The topological polar surface area (TPSA) is 64.2 Å².